The summed E-state index contributed by atoms with van der Waals surface area (Å²) in [5.74, 6) is 1.88. The summed E-state index contributed by atoms with van der Waals surface area (Å²) in [6.45, 7) is 1.89. The van der Waals surface area contributed by atoms with E-state index in [1.165, 1.54) is 23.6 Å². The van der Waals surface area contributed by atoms with Crippen LogP contribution < -0.4 is 16.0 Å². The first-order valence-electron chi connectivity index (χ1n) is 13.7. The third kappa shape index (κ3) is 5.56. The van der Waals surface area contributed by atoms with Crippen LogP contribution in [0.3, 0.4) is 0 Å². The maximum Gasteiger partial charge on any atom is 0.243 e. The quantitative estimate of drug-likeness (QED) is 0.322. The molecule has 0 radical (unpaired) electrons. The lowest BCUT2D eigenvalue weighted by Crippen LogP contribution is -2.48. The fourth-order valence-electron chi connectivity index (χ4n) is 5.53. The number of hydrogen-bond donors (Lipinski definition) is 2. The number of nitrogen functional groups attached to an aromatic ring is 1. The molecular weight excluding hydrogens is 546 g/mol. The molecule has 4 aromatic rings. The summed E-state index contributed by atoms with van der Waals surface area (Å²) < 4.78 is 27.6. The Bertz CT molecular complexity index is 1600. The van der Waals surface area contributed by atoms with Gasteiger partial charge in [0.2, 0.25) is 16.0 Å². The highest BCUT2D eigenvalue weighted by atomic mass is 35.5. The summed E-state index contributed by atoms with van der Waals surface area (Å²) in [6.07, 6.45) is 7.88. The van der Waals surface area contributed by atoms with E-state index in [1.54, 1.807) is 24.3 Å². The van der Waals surface area contributed by atoms with E-state index in [-0.39, 0.29) is 10.8 Å². The Morgan fingerprint density at radius 1 is 0.875 bits per heavy atom. The molecule has 3 heterocycles. The highest BCUT2D eigenvalue weighted by Gasteiger charge is 2.29. The van der Waals surface area contributed by atoms with Crippen molar-refractivity contribution in [2.75, 3.05) is 42.1 Å². The molecule has 1 aliphatic carbocycles. The summed E-state index contributed by atoms with van der Waals surface area (Å²) >= 11 is 5.92. The third-order valence-corrected chi connectivity index (χ3v) is 9.92. The van der Waals surface area contributed by atoms with Gasteiger partial charge in [-0.25, -0.2) is 18.4 Å². The summed E-state index contributed by atoms with van der Waals surface area (Å²) in [6, 6.07) is 16.8. The molecular formula is C29H32ClN7O2S. The molecule has 0 unspecified atom stereocenters. The van der Waals surface area contributed by atoms with Gasteiger partial charge in [0.15, 0.2) is 0 Å². The number of nitrogens with one attached hydrogen (secondary N) is 1. The molecule has 11 heteroatoms. The Morgan fingerprint density at radius 3 is 2.30 bits per heavy atom. The van der Waals surface area contributed by atoms with Gasteiger partial charge in [-0.3, -0.25) is 0 Å². The molecule has 0 atom stereocenters. The Labute approximate surface area is 239 Å². The number of pyridine rings is 1. The SMILES string of the molecule is Nc1nc(NC2CCCCC2)c2cc(-c3ccc(N4CCN(S(=O)(=O)c5ccc(Cl)cc5)CC4)nc3)ccc2n1. The lowest BCUT2D eigenvalue weighted by Gasteiger charge is -2.34. The number of nitrogens with zero attached hydrogens (tertiary/aromatic N) is 5. The first-order chi connectivity index (χ1) is 19.4. The van der Waals surface area contributed by atoms with E-state index in [4.69, 9.17) is 22.3 Å². The summed E-state index contributed by atoms with van der Waals surface area (Å²) in [5, 5.41) is 5.07. The van der Waals surface area contributed by atoms with Crippen LogP contribution in [-0.4, -0.2) is 59.9 Å². The second kappa shape index (κ2) is 11.2. The van der Waals surface area contributed by atoms with Crippen LogP contribution in [-0.2, 0) is 10.0 Å². The van der Waals surface area contributed by atoms with Crippen LogP contribution in [0.4, 0.5) is 17.6 Å². The molecule has 2 aromatic heterocycles. The molecule has 2 aromatic carbocycles. The standard InChI is InChI=1S/C29H32ClN7O2S/c30-22-8-10-24(11-9-22)40(38,39)37-16-14-36(15-17-37)27-13-7-21(19-32-27)20-6-12-26-25(18-20)28(35-29(31)34-26)33-23-4-2-1-3-5-23/h6-13,18-19,23H,1-5,14-17H2,(H3,31,33,34,35). The fraction of sp³-hybridized carbons (Fsp3) is 0.345. The van der Waals surface area contributed by atoms with Gasteiger partial charge >= 0.3 is 0 Å². The van der Waals surface area contributed by atoms with Crippen molar-refractivity contribution in [1.29, 1.82) is 0 Å². The molecule has 3 N–H and O–H groups in total. The number of anilines is 3. The van der Waals surface area contributed by atoms with E-state index in [2.05, 4.69) is 26.3 Å². The number of sulfonamides is 1. The van der Waals surface area contributed by atoms with Crippen LogP contribution in [0.2, 0.25) is 5.02 Å². The van der Waals surface area contributed by atoms with E-state index < -0.39 is 10.0 Å². The molecule has 1 saturated heterocycles. The van der Waals surface area contributed by atoms with Crippen LogP contribution in [0.5, 0.6) is 0 Å². The smallest absolute Gasteiger partial charge is 0.243 e. The minimum Gasteiger partial charge on any atom is -0.368 e. The number of benzene rings is 2. The Balaban J connectivity index is 1.16. The fourth-order valence-corrected chi connectivity index (χ4v) is 7.08. The normalized spacial score (nSPS) is 17.3. The number of nitrogens with two attached hydrogens (primary N) is 1. The van der Waals surface area contributed by atoms with Crippen molar-refractivity contribution in [2.24, 2.45) is 0 Å². The van der Waals surface area contributed by atoms with Crippen LogP contribution >= 0.6 is 11.6 Å². The molecule has 208 valence electrons. The lowest BCUT2D eigenvalue weighted by molar-refractivity contribution is 0.384. The Hall–Kier alpha value is -3.47. The Morgan fingerprint density at radius 2 is 1.60 bits per heavy atom. The summed E-state index contributed by atoms with van der Waals surface area (Å²) in [5.41, 5.74) is 8.83. The largest absolute Gasteiger partial charge is 0.368 e. The summed E-state index contributed by atoms with van der Waals surface area (Å²) in [7, 11) is -3.56. The van der Waals surface area contributed by atoms with E-state index >= 15 is 0 Å². The third-order valence-electron chi connectivity index (χ3n) is 7.75. The molecule has 1 saturated carbocycles. The topological polar surface area (TPSA) is 117 Å². The summed E-state index contributed by atoms with van der Waals surface area (Å²) in [4.78, 5) is 16.1. The lowest BCUT2D eigenvalue weighted by atomic mass is 9.95. The first-order valence-corrected chi connectivity index (χ1v) is 15.5. The van der Waals surface area contributed by atoms with E-state index in [0.717, 1.165) is 46.5 Å². The minimum atomic E-state index is -3.56. The van der Waals surface area contributed by atoms with Gasteiger partial charge in [-0.2, -0.15) is 9.29 Å². The molecule has 40 heavy (non-hydrogen) atoms. The van der Waals surface area contributed by atoms with Gasteiger partial charge in [0, 0.05) is 54.4 Å². The average Bonchev–Trinajstić information content (AvgIpc) is 2.98. The maximum absolute atomic E-state index is 13.0. The van der Waals surface area contributed by atoms with Crippen LogP contribution in [0.25, 0.3) is 22.0 Å². The van der Waals surface area contributed by atoms with Crippen LogP contribution in [0, 0.1) is 0 Å². The van der Waals surface area contributed by atoms with Gasteiger partial charge < -0.3 is 16.0 Å². The zero-order chi connectivity index (χ0) is 27.7. The van der Waals surface area contributed by atoms with E-state index in [0.29, 0.717) is 37.2 Å². The Kier molecular flexibility index (Phi) is 7.48. The molecule has 0 amide bonds. The highest BCUT2D eigenvalue weighted by molar-refractivity contribution is 7.89. The van der Waals surface area contributed by atoms with Crippen LogP contribution in [0.1, 0.15) is 32.1 Å². The minimum absolute atomic E-state index is 0.258. The van der Waals surface area contributed by atoms with Crippen molar-refractivity contribution < 1.29 is 8.42 Å². The number of rotatable bonds is 6. The van der Waals surface area contributed by atoms with Crippen molar-refractivity contribution in [2.45, 2.75) is 43.0 Å². The van der Waals surface area contributed by atoms with Gasteiger partial charge in [0.05, 0.1) is 10.4 Å². The number of fused-ring (bicyclic) bond motifs is 1. The maximum atomic E-state index is 13.0. The van der Waals surface area contributed by atoms with Crippen molar-refractivity contribution >= 4 is 50.1 Å². The van der Waals surface area contributed by atoms with Crippen molar-refractivity contribution in [3.05, 3.63) is 65.8 Å². The first kappa shape index (κ1) is 26.7. The van der Waals surface area contributed by atoms with Crippen molar-refractivity contribution in [3.63, 3.8) is 0 Å². The van der Waals surface area contributed by atoms with E-state index in [1.807, 2.05) is 30.5 Å². The zero-order valence-electron chi connectivity index (χ0n) is 22.1. The molecule has 9 nitrogen and oxygen atoms in total. The van der Waals surface area contributed by atoms with Crippen LogP contribution in [0.15, 0.2) is 65.7 Å². The van der Waals surface area contributed by atoms with Gasteiger partial charge in [0.1, 0.15) is 11.6 Å². The predicted octanol–water partition coefficient (Wildman–Crippen LogP) is 5.18. The monoisotopic (exact) mass is 577 g/mol. The number of hydrogen-bond acceptors (Lipinski definition) is 8. The van der Waals surface area contributed by atoms with Gasteiger partial charge in [-0.15, -0.1) is 0 Å². The van der Waals surface area contributed by atoms with Gasteiger partial charge in [-0.1, -0.05) is 36.9 Å². The molecule has 2 fully saturated rings. The number of aromatic nitrogens is 3. The zero-order valence-corrected chi connectivity index (χ0v) is 23.7. The number of piperazine rings is 1. The highest BCUT2D eigenvalue weighted by Crippen LogP contribution is 2.31. The second-order valence-electron chi connectivity index (χ2n) is 10.4. The average molecular weight is 578 g/mol. The molecule has 0 bridgehead atoms. The van der Waals surface area contributed by atoms with Crippen molar-refractivity contribution in [3.8, 4) is 11.1 Å². The van der Waals surface area contributed by atoms with Crippen molar-refractivity contribution in [1.82, 2.24) is 19.3 Å². The molecule has 0 spiro atoms. The van der Waals surface area contributed by atoms with E-state index in [9.17, 15) is 8.42 Å². The van der Waals surface area contributed by atoms with Gasteiger partial charge in [0.25, 0.3) is 0 Å². The molecule has 6 rings (SSSR count). The molecule has 2 aliphatic rings. The molecule has 1 aliphatic heterocycles. The number of halogens is 1. The van der Waals surface area contributed by atoms with Gasteiger partial charge in [-0.05, 0) is 66.9 Å². The predicted molar refractivity (Wildman–Crippen MR) is 160 cm³/mol. The second-order valence-corrected chi connectivity index (χ2v) is 12.8.